The Morgan fingerprint density at radius 2 is 2.40 bits per heavy atom. The van der Waals surface area contributed by atoms with Crippen molar-refractivity contribution in [1.82, 2.24) is 20.2 Å². The van der Waals surface area contributed by atoms with Crippen molar-refractivity contribution in [3.63, 3.8) is 0 Å². The van der Waals surface area contributed by atoms with Crippen molar-refractivity contribution in [3.8, 4) is 0 Å². The first-order valence-corrected chi connectivity index (χ1v) is 5.04. The van der Waals surface area contributed by atoms with Gasteiger partial charge < -0.3 is 5.32 Å². The SMILES string of the molecule is O=C1NCCN1C(=O)c1ncncc1Br. The standard InChI is InChI=1S/C8H7BrN4O2/c9-5-3-10-4-12-6(5)7(14)13-2-1-11-8(13)15/h3-4H,1-2H2,(H,11,15). The van der Waals surface area contributed by atoms with Crippen molar-refractivity contribution in [1.29, 1.82) is 0 Å². The van der Waals surface area contributed by atoms with Crippen LogP contribution in [0.5, 0.6) is 0 Å². The molecule has 1 aromatic heterocycles. The molecule has 1 aliphatic heterocycles. The molecule has 0 saturated carbocycles. The highest BCUT2D eigenvalue weighted by Gasteiger charge is 2.29. The van der Waals surface area contributed by atoms with Crippen molar-refractivity contribution >= 4 is 27.9 Å². The van der Waals surface area contributed by atoms with E-state index in [1.807, 2.05) is 0 Å². The molecule has 1 fully saturated rings. The molecule has 0 spiro atoms. The molecule has 0 radical (unpaired) electrons. The molecule has 3 amide bonds. The summed E-state index contributed by atoms with van der Waals surface area (Å²) in [5, 5.41) is 2.55. The average Bonchev–Trinajstić information content (AvgIpc) is 2.64. The Labute approximate surface area is 93.8 Å². The molecular formula is C8H7BrN4O2. The van der Waals surface area contributed by atoms with Crippen LogP contribution in [0.4, 0.5) is 4.79 Å². The second-order valence-corrected chi connectivity index (χ2v) is 3.76. The third-order valence-corrected chi connectivity index (χ3v) is 2.55. The minimum atomic E-state index is -0.417. The van der Waals surface area contributed by atoms with E-state index in [1.165, 1.54) is 12.5 Å². The predicted octanol–water partition coefficient (Wildman–Crippen LogP) is 0.404. The van der Waals surface area contributed by atoms with Gasteiger partial charge in [0.05, 0.1) is 4.47 Å². The van der Waals surface area contributed by atoms with Crippen LogP contribution in [0.25, 0.3) is 0 Å². The Morgan fingerprint density at radius 3 is 3.00 bits per heavy atom. The lowest BCUT2D eigenvalue weighted by Gasteiger charge is -2.11. The number of aromatic nitrogens is 2. The monoisotopic (exact) mass is 270 g/mol. The maximum atomic E-state index is 11.8. The summed E-state index contributed by atoms with van der Waals surface area (Å²) in [4.78, 5) is 31.7. The molecule has 6 nitrogen and oxygen atoms in total. The van der Waals surface area contributed by atoms with Gasteiger partial charge in [-0.1, -0.05) is 0 Å². The van der Waals surface area contributed by atoms with Crippen LogP contribution in [-0.2, 0) is 0 Å². The number of carbonyl (C=O) groups excluding carboxylic acids is 2. The van der Waals surface area contributed by atoms with Crippen LogP contribution in [0.2, 0.25) is 0 Å². The zero-order valence-electron chi connectivity index (χ0n) is 7.61. The fourth-order valence-electron chi connectivity index (χ4n) is 1.26. The van der Waals surface area contributed by atoms with Gasteiger partial charge in [0.25, 0.3) is 5.91 Å². The molecule has 0 bridgehead atoms. The molecule has 78 valence electrons. The first kappa shape index (κ1) is 10.0. The van der Waals surface area contributed by atoms with E-state index in [0.29, 0.717) is 17.6 Å². The van der Waals surface area contributed by atoms with Crippen LogP contribution in [0.3, 0.4) is 0 Å². The molecule has 0 aromatic carbocycles. The lowest BCUT2D eigenvalue weighted by molar-refractivity contribution is 0.0822. The lowest BCUT2D eigenvalue weighted by Crippen LogP contribution is -2.34. The zero-order chi connectivity index (χ0) is 10.8. The molecule has 1 aromatic rings. The molecule has 0 unspecified atom stereocenters. The number of halogens is 1. The summed E-state index contributed by atoms with van der Waals surface area (Å²) in [7, 11) is 0. The summed E-state index contributed by atoms with van der Waals surface area (Å²) >= 11 is 3.16. The van der Waals surface area contributed by atoms with Crippen LogP contribution >= 0.6 is 15.9 Å². The quantitative estimate of drug-likeness (QED) is 0.802. The summed E-state index contributed by atoms with van der Waals surface area (Å²) in [6, 6.07) is -0.384. The lowest BCUT2D eigenvalue weighted by atomic mass is 10.3. The van der Waals surface area contributed by atoms with Crippen molar-refractivity contribution in [2.24, 2.45) is 0 Å². The Bertz CT molecular complexity index is 423. The third kappa shape index (κ3) is 1.82. The fourth-order valence-corrected chi connectivity index (χ4v) is 1.65. The summed E-state index contributed by atoms with van der Waals surface area (Å²) in [5.74, 6) is -0.417. The number of urea groups is 1. The van der Waals surface area contributed by atoms with E-state index in [4.69, 9.17) is 0 Å². The smallest absolute Gasteiger partial charge is 0.324 e. The van der Waals surface area contributed by atoms with Crippen LogP contribution in [0.15, 0.2) is 17.0 Å². The van der Waals surface area contributed by atoms with Gasteiger partial charge in [-0.2, -0.15) is 0 Å². The maximum absolute atomic E-state index is 11.8. The zero-order valence-corrected chi connectivity index (χ0v) is 9.19. The highest BCUT2D eigenvalue weighted by molar-refractivity contribution is 9.10. The molecule has 0 aliphatic carbocycles. The number of amides is 3. The predicted molar refractivity (Wildman–Crippen MR) is 54.2 cm³/mol. The minimum absolute atomic E-state index is 0.196. The van der Waals surface area contributed by atoms with Gasteiger partial charge in [0.2, 0.25) is 0 Å². The molecule has 1 aliphatic rings. The van der Waals surface area contributed by atoms with E-state index >= 15 is 0 Å². The van der Waals surface area contributed by atoms with E-state index in [9.17, 15) is 9.59 Å². The largest absolute Gasteiger partial charge is 0.336 e. The second kappa shape index (κ2) is 3.93. The molecule has 0 atom stereocenters. The number of hydrogen-bond acceptors (Lipinski definition) is 4. The Hall–Kier alpha value is -1.50. The molecule has 2 rings (SSSR count). The summed E-state index contributed by atoms with van der Waals surface area (Å²) in [6.07, 6.45) is 2.74. The van der Waals surface area contributed by atoms with Gasteiger partial charge in [-0.25, -0.2) is 14.8 Å². The maximum Gasteiger partial charge on any atom is 0.324 e. The first-order valence-electron chi connectivity index (χ1n) is 4.25. The molecular weight excluding hydrogens is 264 g/mol. The Morgan fingerprint density at radius 1 is 1.60 bits per heavy atom. The number of nitrogens with one attached hydrogen (secondary N) is 1. The highest BCUT2D eigenvalue weighted by Crippen LogP contribution is 2.15. The normalized spacial score (nSPS) is 15.3. The van der Waals surface area contributed by atoms with Crippen LogP contribution in [0, 0.1) is 0 Å². The van der Waals surface area contributed by atoms with Gasteiger partial charge >= 0.3 is 6.03 Å². The van der Waals surface area contributed by atoms with Gasteiger partial charge in [0.15, 0.2) is 0 Å². The summed E-state index contributed by atoms with van der Waals surface area (Å²) in [5.41, 5.74) is 0.196. The molecule has 1 saturated heterocycles. The van der Waals surface area contributed by atoms with Crippen molar-refractivity contribution in [2.75, 3.05) is 13.1 Å². The average molecular weight is 271 g/mol. The van der Waals surface area contributed by atoms with Gasteiger partial charge in [-0.05, 0) is 15.9 Å². The molecule has 1 N–H and O–H groups in total. The van der Waals surface area contributed by atoms with E-state index in [1.54, 1.807) is 0 Å². The fraction of sp³-hybridized carbons (Fsp3) is 0.250. The number of rotatable bonds is 1. The summed E-state index contributed by atoms with van der Waals surface area (Å²) in [6.45, 7) is 0.849. The minimum Gasteiger partial charge on any atom is -0.336 e. The van der Waals surface area contributed by atoms with Gasteiger partial charge in [-0.3, -0.25) is 9.69 Å². The van der Waals surface area contributed by atoms with E-state index in [2.05, 4.69) is 31.2 Å². The number of hydrogen-bond donors (Lipinski definition) is 1. The van der Waals surface area contributed by atoms with E-state index < -0.39 is 5.91 Å². The van der Waals surface area contributed by atoms with Crippen LogP contribution in [0.1, 0.15) is 10.5 Å². The van der Waals surface area contributed by atoms with Gasteiger partial charge in [-0.15, -0.1) is 0 Å². The topological polar surface area (TPSA) is 75.2 Å². The van der Waals surface area contributed by atoms with Crippen LogP contribution in [-0.4, -0.2) is 39.9 Å². The number of imide groups is 1. The van der Waals surface area contributed by atoms with E-state index in [-0.39, 0.29) is 11.7 Å². The van der Waals surface area contributed by atoms with Crippen molar-refractivity contribution in [3.05, 3.63) is 22.7 Å². The molecule has 2 heterocycles. The van der Waals surface area contributed by atoms with Crippen LogP contribution < -0.4 is 5.32 Å². The Kier molecular flexibility index (Phi) is 2.63. The highest BCUT2D eigenvalue weighted by atomic mass is 79.9. The number of nitrogens with zero attached hydrogens (tertiary/aromatic N) is 3. The summed E-state index contributed by atoms with van der Waals surface area (Å²) < 4.78 is 0.481. The Balaban J connectivity index is 2.28. The second-order valence-electron chi connectivity index (χ2n) is 2.91. The van der Waals surface area contributed by atoms with Gasteiger partial charge in [0.1, 0.15) is 12.0 Å². The third-order valence-electron chi connectivity index (χ3n) is 1.97. The van der Waals surface area contributed by atoms with Crippen molar-refractivity contribution in [2.45, 2.75) is 0 Å². The van der Waals surface area contributed by atoms with E-state index in [0.717, 1.165) is 4.90 Å². The molecule has 7 heteroatoms. The first-order chi connectivity index (χ1) is 7.20. The van der Waals surface area contributed by atoms with Crippen molar-refractivity contribution < 1.29 is 9.59 Å². The van der Waals surface area contributed by atoms with Gasteiger partial charge in [0, 0.05) is 19.3 Å². The number of carbonyl (C=O) groups is 2. The molecule has 15 heavy (non-hydrogen) atoms.